The molecule has 34 heavy (non-hydrogen) atoms. The quantitative estimate of drug-likeness (QED) is 0.270. The summed E-state index contributed by atoms with van der Waals surface area (Å²) in [6.45, 7) is 9.00. The molecular weight excluding hydrogens is 505 g/mol. The van der Waals surface area contributed by atoms with Crippen molar-refractivity contribution >= 4 is 30.3 Å². The maximum absolute atomic E-state index is 7.50. The summed E-state index contributed by atoms with van der Waals surface area (Å²) in [5.74, 6) is 0.204. The molecule has 4 radical (unpaired) electrons. The van der Waals surface area contributed by atoms with E-state index >= 15 is 0 Å². The van der Waals surface area contributed by atoms with E-state index in [-0.39, 0.29) is 10.2 Å². The Balaban J connectivity index is 0.00000177. The summed E-state index contributed by atoms with van der Waals surface area (Å²) < 4.78 is 1.34. The Morgan fingerprint density at radius 1 is 0.500 bits per heavy atom. The molecular formula is C31H24O2Ru. The van der Waals surface area contributed by atoms with Crippen LogP contribution in [-0.4, -0.2) is 13.6 Å². The van der Waals surface area contributed by atoms with Crippen LogP contribution in [0, 0.1) is 0 Å². The summed E-state index contributed by atoms with van der Waals surface area (Å²) in [4.78, 5) is 15.0. The van der Waals surface area contributed by atoms with Crippen LogP contribution in [0.5, 0.6) is 0 Å². The second-order valence-corrected chi connectivity index (χ2v) is 8.38. The van der Waals surface area contributed by atoms with Gasteiger partial charge in [0.05, 0.1) is 0 Å². The third kappa shape index (κ3) is 5.11. The second kappa shape index (κ2) is 12.5. The van der Waals surface area contributed by atoms with E-state index in [1.54, 1.807) is 0 Å². The molecule has 4 aromatic carbocycles. The second-order valence-electron chi connectivity index (χ2n) is 7.44. The number of hydrogen-bond donors (Lipinski definition) is 0. The zero-order valence-corrected chi connectivity index (χ0v) is 20.0. The van der Waals surface area contributed by atoms with E-state index in [4.69, 9.17) is 9.59 Å². The van der Waals surface area contributed by atoms with Gasteiger partial charge < -0.3 is 4.28 Å². The van der Waals surface area contributed by atoms with Gasteiger partial charge in [0.2, 0.25) is 0 Å². The van der Waals surface area contributed by atoms with Crippen LogP contribution in [0.15, 0.2) is 125 Å². The van der Waals surface area contributed by atoms with E-state index < -0.39 is 0 Å². The van der Waals surface area contributed by atoms with E-state index in [1.165, 1.54) is 43.1 Å². The van der Waals surface area contributed by atoms with Crippen molar-refractivity contribution in [2.75, 3.05) is 0 Å². The summed E-state index contributed by atoms with van der Waals surface area (Å²) in [7, 11) is 0. The molecule has 168 valence electrons. The van der Waals surface area contributed by atoms with Crippen LogP contribution in [0.2, 0.25) is 0 Å². The van der Waals surface area contributed by atoms with Gasteiger partial charge in [-0.05, 0) is 0 Å². The zero-order valence-electron chi connectivity index (χ0n) is 21.3. The molecule has 0 amide bonds. The molecule has 0 bridgehead atoms. The minimum absolute atomic E-state index is 0. The molecule has 0 aromatic heterocycles. The van der Waals surface area contributed by atoms with E-state index in [1.807, 2.05) is 0 Å². The molecule has 1 atom stereocenters. The monoisotopic (exact) mass is 530 g/mol. The third-order valence-electron chi connectivity index (χ3n) is 5.63. The molecule has 0 N–H and O–H groups in total. The first-order valence-electron chi connectivity index (χ1n) is 10.6. The summed E-state index contributed by atoms with van der Waals surface area (Å²) in [6, 6.07) is 43.3. The van der Waals surface area contributed by atoms with Crippen LogP contribution in [0.25, 0.3) is 16.7 Å². The van der Waals surface area contributed by atoms with E-state index in [0.29, 0.717) is 0 Å². The van der Waals surface area contributed by atoms with Gasteiger partial charge in [0.15, 0.2) is 0 Å². The van der Waals surface area contributed by atoms with Gasteiger partial charge in [-0.2, -0.15) is 0 Å². The molecule has 5 rings (SSSR count). The summed E-state index contributed by atoms with van der Waals surface area (Å²) >= 11 is 2.96. The van der Waals surface area contributed by atoms with Crippen LogP contribution in [0.4, 0.5) is 0 Å². The first-order valence-corrected chi connectivity index (χ1v) is 11.5. The first kappa shape index (κ1) is 25.0. The molecule has 0 saturated carbocycles. The van der Waals surface area contributed by atoms with Gasteiger partial charge in [-0.15, -0.1) is 0 Å². The molecule has 4 aromatic rings. The standard InChI is InChI=1S/C29H21.2CO.Ru.3H/c1-5-13-22(14-6-1)26-21-27(23-15-7-2-8-16-23)29(25-19-11-4-12-20-25)28(26)24-17-9-3-10-18-24;2*1-2;;;;/h1-20,26H;;;;;;/q;;;+3;3*-1. The predicted octanol–water partition coefficient (Wildman–Crippen LogP) is 6.90. The van der Waals surface area contributed by atoms with Gasteiger partial charge >= 0.3 is 189 Å². The van der Waals surface area contributed by atoms with Crippen LogP contribution < -0.4 is 0 Å². The van der Waals surface area contributed by atoms with Crippen molar-refractivity contribution in [1.82, 2.24) is 0 Å². The Labute approximate surface area is 215 Å². The summed E-state index contributed by atoms with van der Waals surface area (Å²) in [6.07, 6.45) is 0. The fourth-order valence-corrected chi connectivity index (χ4v) is 5.34. The van der Waals surface area contributed by atoms with Gasteiger partial charge in [-0.1, -0.05) is 0 Å². The van der Waals surface area contributed by atoms with Crippen LogP contribution in [0.1, 0.15) is 32.5 Å². The Morgan fingerprint density at radius 2 is 0.853 bits per heavy atom. The molecule has 1 aliphatic rings. The fourth-order valence-electron chi connectivity index (χ4n) is 4.33. The molecule has 1 aliphatic carbocycles. The summed E-state index contributed by atoms with van der Waals surface area (Å²) in [5, 5.41) is 0. The Bertz CT molecular complexity index is 1260. The fraction of sp³-hybridized carbons (Fsp3) is 0.0323. The van der Waals surface area contributed by atoms with E-state index in [0.717, 1.165) is 0 Å². The third-order valence-corrected chi connectivity index (χ3v) is 6.57. The number of hydrogen-bond acceptors (Lipinski definition) is 2. The molecule has 3 heteroatoms. The number of allylic oxidation sites excluding steroid dienone is 4. The van der Waals surface area contributed by atoms with Gasteiger partial charge in [-0.3, -0.25) is 9.59 Å². The number of rotatable bonds is 4. The van der Waals surface area contributed by atoms with Crippen LogP contribution >= 0.6 is 0 Å². The molecule has 1 unspecified atom stereocenters. The average molecular weight is 530 g/mol. The van der Waals surface area contributed by atoms with Crippen molar-refractivity contribution in [1.29, 1.82) is 0 Å². The molecule has 0 saturated heterocycles. The Kier molecular flexibility index (Phi) is 9.20. The molecule has 2 nitrogen and oxygen atoms in total. The molecule has 0 aliphatic heterocycles. The van der Waals surface area contributed by atoms with Gasteiger partial charge in [0.25, 0.3) is 13.6 Å². The van der Waals surface area contributed by atoms with Crippen molar-refractivity contribution in [3.05, 3.63) is 148 Å². The predicted molar refractivity (Wildman–Crippen MR) is 137 cm³/mol. The number of benzene rings is 4. The van der Waals surface area contributed by atoms with Gasteiger partial charge in [0.1, 0.15) is 0 Å². The van der Waals surface area contributed by atoms with E-state index in [2.05, 4.69) is 153 Å². The number of carbonyl (C=O) groups excluding carboxylic acids is 2. The Morgan fingerprint density at radius 3 is 1.29 bits per heavy atom. The molecule has 0 fully saturated rings. The van der Waals surface area contributed by atoms with E-state index in [9.17, 15) is 0 Å². The normalized spacial score (nSPS) is 14.5. The van der Waals surface area contributed by atoms with Gasteiger partial charge in [-0.25, -0.2) is 0 Å². The zero-order chi connectivity index (χ0) is 24.3. The van der Waals surface area contributed by atoms with Crippen molar-refractivity contribution < 1.29 is 32.2 Å². The Hall–Kier alpha value is -3.68. The molecule has 0 heterocycles. The van der Waals surface area contributed by atoms with Crippen molar-refractivity contribution in [2.45, 2.75) is 5.92 Å². The maximum atomic E-state index is 7.50. The van der Waals surface area contributed by atoms with Crippen LogP contribution in [-0.2, 0) is 27.9 Å². The van der Waals surface area contributed by atoms with Gasteiger partial charge in [0, 0.05) is 0 Å². The van der Waals surface area contributed by atoms with Crippen LogP contribution in [0.3, 0.4) is 0 Å². The topological polar surface area (TPSA) is 34.1 Å². The average Bonchev–Trinajstić information content (AvgIpc) is 3.25. The molecule has 0 spiro atoms. The SMILES string of the molecule is [C]=O.[C]=O.[H-].[H-].[H-].[Ru+3][C]1=C(c2ccccc2)C(c2ccccc2)=C(c2ccccc2)C1c1ccccc1. The van der Waals surface area contributed by atoms with Crippen molar-refractivity contribution in [3.8, 4) is 0 Å². The first-order chi connectivity index (χ1) is 16.8. The minimum atomic E-state index is 0. The van der Waals surface area contributed by atoms with Crippen molar-refractivity contribution in [3.63, 3.8) is 0 Å². The van der Waals surface area contributed by atoms with Crippen molar-refractivity contribution in [2.24, 2.45) is 0 Å². The summed E-state index contributed by atoms with van der Waals surface area (Å²) in [5.41, 5.74) is 9.15.